The number of hydrogen-bond acceptors (Lipinski definition) is 5. The molecule has 1 aliphatic heterocycles. The SMILES string of the molecule is CC(C)(C)[C@](C)(NC(=O)c1nn(CC2CCOCC2)c2ccccc12)C(=O)NCCO. The number of aliphatic hydroxyl groups is 1. The first-order chi connectivity index (χ1) is 14.7. The lowest BCUT2D eigenvalue weighted by molar-refractivity contribution is -0.131. The molecule has 0 unspecified atom stereocenters. The lowest BCUT2D eigenvalue weighted by atomic mass is 9.74. The fourth-order valence-corrected chi connectivity index (χ4v) is 3.83. The minimum absolute atomic E-state index is 0.128. The number of amides is 2. The van der Waals surface area contributed by atoms with Gasteiger partial charge in [0.25, 0.3) is 5.91 Å². The Bertz CT molecular complexity index is 927. The van der Waals surface area contributed by atoms with E-state index in [0.717, 1.165) is 43.5 Å². The highest BCUT2D eigenvalue weighted by atomic mass is 16.5. The predicted molar refractivity (Wildman–Crippen MR) is 119 cm³/mol. The van der Waals surface area contributed by atoms with E-state index in [9.17, 15) is 9.59 Å². The molecule has 1 aromatic heterocycles. The van der Waals surface area contributed by atoms with E-state index in [-0.39, 0.29) is 19.1 Å². The van der Waals surface area contributed by atoms with Gasteiger partial charge in [-0.05, 0) is 37.2 Å². The van der Waals surface area contributed by atoms with Crippen LogP contribution in [0.1, 0.15) is 51.0 Å². The van der Waals surface area contributed by atoms with Crippen LogP contribution in [0.4, 0.5) is 0 Å². The van der Waals surface area contributed by atoms with Crippen LogP contribution in [0, 0.1) is 11.3 Å². The monoisotopic (exact) mass is 430 g/mol. The fraction of sp³-hybridized carbons (Fsp3) is 0.609. The van der Waals surface area contributed by atoms with Crippen LogP contribution in [0.5, 0.6) is 0 Å². The fourth-order valence-electron chi connectivity index (χ4n) is 3.83. The number of rotatable bonds is 7. The summed E-state index contributed by atoms with van der Waals surface area (Å²) in [6.45, 7) is 9.59. The lowest BCUT2D eigenvalue weighted by Crippen LogP contribution is -2.64. The molecule has 1 aromatic carbocycles. The van der Waals surface area contributed by atoms with Crippen molar-refractivity contribution in [3.8, 4) is 0 Å². The number of aliphatic hydroxyl groups excluding tert-OH is 1. The second-order valence-electron chi connectivity index (χ2n) is 9.41. The average Bonchev–Trinajstić information content (AvgIpc) is 3.10. The number of para-hydroxylation sites is 1. The van der Waals surface area contributed by atoms with Crippen LogP contribution in [0.2, 0.25) is 0 Å². The number of benzene rings is 1. The van der Waals surface area contributed by atoms with E-state index < -0.39 is 16.9 Å². The third-order valence-electron chi connectivity index (χ3n) is 6.36. The van der Waals surface area contributed by atoms with E-state index >= 15 is 0 Å². The molecule has 31 heavy (non-hydrogen) atoms. The van der Waals surface area contributed by atoms with Crippen LogP contribution in [0.3, 0.4) is 0 Å². The number of nitrogens with zero attached hydrogens (tertiary/aromatic N) is 2. The molecule has 1 fully saturated rings. The number of hydrogen-bond donors (Lipinski definition) is 3. The predicted octanol–water partition coefficient (Wildman–Crippen LogP) is 2.11. The molecule has 0 spiro atoms. The van der Waals surface area contributed by atoms with Crippen LogP contribution in [-0.4, -0.2) is 58.6 Å². The minimum Gasteiger partial charge on any atom is -0.395 e. The first-order valence-electron chi connectivity index (χ1n) is 10.9. The number of carbonyl (C=O) groups excluding carboxylic acids is 2. The summed E-state index contributed by atoms with van der Waals surface area (Å²) >= 11 is 0. The van der Waals surface area contributed by atoms with Gasteiger partial charge in [-0.15, -0.1) is 0 Å². The normalized spacial score (nSPS) is 17.3. The second kappa shape index (κ2) is 9.36. The maximum absolute atomic E-state index is 13.4. The lowest BCUT2D eigenvalue weighted by Gasteiger charge is -2.40. The molecular weight excluding hydrogens is 396 g/mol. The Morgan fingerprint density at radius 3 is 2.52 bits per heavy atom. The topological polar surface area (TPSA) is 105 Å². The number of ether oxygens (including phenoxy) is 1. The van der Waals surface area contributed by atoms with Gasteiger partial charge in [0.2, 0.25) is 5.91 Å². The Labute approximate surface area is 183 Å². The Morgan fingerprint density at radius 2 is 1.87 bits per heavy atom. The molecule has 2 amide bonds. The molecule has 1 atom stereocenters. The maximum atomic E-state index is 13.4. The van der Waals surface area contributed by atoms with Gasteiger partial charge in [-0.25, -0.2) is 0 Å². The number of fused-ring (bicyclic) bond motifs is 1. The van der Waals surface area contributed by atoms with Crippen LogP contribution >= 0.6 is 0 Å². The summed E-state index contributed by atoms with van der Waals surface area (Å²) in [6, 6.07) is 7.68. The van der Waals surface area contributed by atoms with Crippen molar-refractivity contribution in [3.05, 3.63) is 30.0 Å². The Balaban J connectivity index is 1.91. The van der Waals surface area contributed by atoms with Crippen molar-refractivity contribution < 1.29 is 19.4 Å². The summed E-state index contributed by atoms with van der Waals surface area (Å²) in [5.41, 5.74) is -0.539. The van der Waals surface area contributed by atoms with Gasteiger partial charge in [-0.2, -0.15) is 5.10 Å². The zero-order valence-electron chi connectivity index (χ0n) is 18.9. The number of carbonyl (C=O) groups is 2. The van der Waals surface area contributed by atoms with Crippen molar-refractivity contribution in [1.82, 2.24) is 20.4 Å². The molecule has 1 aliphatic rings. The summed E-state index contributed by atoms with van der Waals surface area (Å²) < 4.78 is 7.36. The van der Waals surface area contributed by atoms with Crippen LogP contribution in [-0.2, 0) is 16.1 Å². The summed E-state index contributed by atoms with van der Waals surface area (Å²) in [5, 5.41) is 20.1. The Hall–Kier alpha value is -2.45. The maximum Gasteiger partial charge on any atom is 0.273 e. The van der Waals surface area contributed by atoms with E-state index in [2.05, 4.69) is 15.7 Å². The van der Waals surface area contributed by atoms with Crippen molar-refractivity contribution in [2.45, 2.75) is 52.6 Å². The highest BCUT2D eigenvalue weighted by molar-refractivity contribution is 6.07. The van der Waals surface area contributed by atoms with Crippen LogP contribution < -0.4 is 10.6 Å². The van der Waals surface area contributed by atoms with Crippen molar-refractivity contribution in [3.63, 3.8) is 0 Å². The summed E-state index contributed by atoms with van der Waals surface area (Å²) in [4.78, 5) is 26.3. The molecule has 3 rings (SSSR count). The molecule has 0 bridgehead atoms. The molecule has 8 heteroatoms. The van der Waals surface area contributed by atoms with Crippen molar-refractivity contribution in [2.75, 3.05) is 26.4 Å². The van der Waals surface area contributed by atoms with Gasteiger partial charge in [0, 0.05) is 31.7 Å². The molecule has 8 nitrogen and oxygen atoms in total. The number of nitrogens with one attached hydrogen (secondary N) is 2. The van der Waals surface area contributed by atoms with Gasteiger partial charge >= 0.3 is 0 Å². The van der Waals surface area contributed by atoms with Crippen LogP contribution in [0.15, 0.2) is 24.3 Å². The molecule has 0 saturated carbocycles. The largest absolute Gasteiger partial charge is 0.395 e. The number of aromatic nitrogens is 2. The molecule has 2 aromatic rings. The highest BCUT2D eigenvalue weighted by Crippen LogP contribution is 2.31. The van der Waals surface area contributed by atoms with Crippen LogP contribution in [0.25, 0.3) is 10.9 Å². The third kappa shape index (κ3) is 4.91. The van der Waals surface area contributed by atoms with Gasteiger partial charge in [0.05, 0.1) is 12.1 Å². The van der Waals surface area contributed by atoms with Gasteiger partial charge in [-0.1, -0.05) is 39.0 Å². The zero-order chi connectivity index (χ0) is 22.6. The first-order valence-corrected chi connectivity index (χ1v) is 10.9. The summed E-state index contributed by atoms with van der Waals surface area (Å²) in [7, 11) is 0. The molecule has 0 radical (unpaired) electrons. The van der Waals surface area contributed by atoms with Gasteiger partial charge in [0.1, 0.15) is 5.54 Å². The van der Waals surface area contributed by atoms with Gasteiger partial charge < -0.3 is 20.5 Å². The molecule has 170 valence electrons. The van der Waals surface area contributed by atoms with Gasteiger partial charge in [-0.3, -0.25) is 14.3 Å². The van der Waals surface area contributed by atoms with Crippen molar-refractivity contribution in [1.29, 1.82) is 0 Å². The van der Waals surface area contributed by atoms with E-state index in [1.54, 1.807) is 6.92 Å². The molecule has 3 N–H and O–H groups in total. The van der Waals surface area contributed by atoms with Crippen molar-refractivity contribution >= 4 is 22.7 Å². The quantitative estimate of drug-likeness (QED) is 0.624. The second-order valence-corrected chi connectivity index (χ2v) is 9.41. The Kier molecular flexibility index (Phi) is 7.01. The van der Waals surface area contributed by atoms with Crippen molar-refractivity contribution in [2.24, 2.45) is 11.3 Å². The highest BCUT2D eigenvalue weighted by Gasteiger charge is 2.46. The molecule has 0 aliphatic carbocycles. The zero-order valence-corrected chi connectivity index (χ0v) is 18.9. The van der Waals surface area contributed by atoms with E-state index in [1.165, 1.54) is 0 Å². The summed E-state index contributed by atoms with van der Waals surface area (Å²) in [6.07, 6.45) is 1.95. The molecular formula is C23H34N4O4. The summed E-state index contributed by atoms with van der Waals surface area (Å²) in [5.74, 6) is -0.274. The van der Waals surface area contributed by atoms with E-state index in [0.29, 0.717) is 11.6 Å². The molecule has 1 saturated heterocycles. The third-order valence-corrected chi connectivity index (χ3v) is 6.36. The molecule has 2 heterocycles. The van der Waals surface area contributed by atoms with E-state index in [1.807, 2.05) is 49.7 Å². The Morgan fingerprint density at radius 1 is 1.19 bits per heavy atom. The standard InChI is InChI=1S/C23H34N4O4/c1-22(2,3)23(4,21(30)24-11-12-28)25-20(29)19-17-7-5-6-8-18(17)27(26-19)15-16-9-13-31-14-10-16/h5-8,16,28H,9-15H2,1-4H3,(H,24,30)(H,25,29)/t23-/m1/s1. The minimum atomic E-state index is -1.19. The van der Waals surface area contributed by atoms with E-state index in [4.69, 9.17) is 9.84 Å². The average molecular weight is 431 g/mol. The smallest absolute Gasteiger partial charge is 0.273 e. The first kappa shape index (κ1) is 23.2. The van der Waals surface area contributed by atoms with Gasteiger partial charge in [0.15, 0.2) is 5.69 Å².